The van der Waals surface area contributed by atoms with Gasteiger partial charge in [-0.2, -0.15) is 0 Å². The molecule has 5 rings (SSSR count). The van der Waals surface area contributed by atoms with Gasteiger partial charge in [-0.1, -0.05) is 35.4 Å². The highest BCUT2D eigenvalue weighted by atomic mass is 35.5. The van der Waals surface area contributed by atoms with Crippen molar-refractivity contribution in [1.82, 2.24) is 4.90 Å². The maximum absolute atomic E-state index is 10.00. The van der Waals surface area contributed by atoms with E-state index in [4.69, 9.17) is 16.3 Å². The average molecular weight is 426 g/mol. The highest BCUT2D eigenvalue weighted by Crippen LogP contribution is 2.47. The predicted molar refractivity (Wildman–Crippen MR) is 119 cm³/mol. The molecule has 0 radical (unpaired) electrons. The van der Waals surface area contributed by atoms with Gasteiger partial charge < -0.3 is 19.8 Å². The van der Waals surface area contributed by atoms with Crippen molar-refractivity contribution >= 4 is 17.2 Å². The number of piperidine rings is 1. The first-order chi connectivity index (χ1) is 14.6. The summed E-state index contributed by atoms with van der Waals surface area (Å²) in [5.74, 6) is 2.26. The second kappa shape index (κ2) is 8.35. The second-order valence-corrected chi connectivity index (χ2v) is 9.27. The molecule has 4 nitrogen and oxygen atoms in total. The minimum Gasteiger partial charge on any atom is -0.456 e. The minimum absolute atomic E-state index is 0.473. The lowest BCUT2D eigenvalue weighted by molar-refractivity contribution is -0.0304. The molecular formula is C25H28ClNO3. The van der Waals surface area contributed by atoms with Crippen molar-refractivity contribution < 1.29 is 14.9 Å². The van der Waals surface area contributed by atoms with Crippen LogP contribution in [0.2, 0.25) is 5.02 Å². The number of hydrogen-bond donors (Lipinski definition) is 2. The molecule has 2 aliphatic heterocycles. The third kappa shape index (κ3) is 3.90. The summed E-state index contributed by atoms with van der Waals surface area (Å²) >= 11 is 6.34. The lowest BCUT2D eigenvalue weighted by atomic mass is 9.83. The van der Waals surface area contributed by atoms with E-state index in [1.54, 1.807) is 0 Å². The lowest BCUT2D eigenvalue weighted by Gasteiger charge is -2.36. The highest BCUT2D eigenvalue weighted by Gasteiger charge is 2.30. The van der Waals surface area contributed by atoms with Crippen LogP contribution in [0.15, 0.2) is 48.0 Å². The summed E-state index contributed by atoms with van der Waals surface area (Å²) in [6, 6.07) is 14.1. The molecule has 158 valence electrons. The summed E-state index contributed by atoms with van der Waals surface area (Å²) in [6.45, 7) is 3.05. The Balaban J connectivity index is 1.37. The third-order valence-electron chi connectivity index (χ3n) is 6.81. The first-order valence-corrected chi connectivity index (χ1v) is 11.3. The molecule has 1 aliphatic carbocycles. The average Bonchev–Trinajstić information content (AvgIpc) is 2.75. The molecule has 0 bridgehead atoms. The Bertz CT molecular complexity index is 963. The van der Waals surface area contributed by atoms with Gasteiger partial charge in [0.05, 0.1) is 12.2 Å². The van der Waals surface area contributed by atoms with Crippen LogP contribution < -0.4 is 4.74 Å². The molecule has 30 heavy (non-hydrogen) atoms. The van der Waals surface area contributed by atoms with Crippen LogP contribution in [-0.2, 0) is 0 Å². The summed E-state index contributed by atoms with van der Waals surface area (Å²) < 4.78 is 6.15. The SMILES string of the molecule is O[C@H]1CC[C@@H](CN2CCC(=C3c4ccccc4Oc4ccc(Cl)cc43)CC2)C[C@@H]1O. The van der Waals surface area contributed by atoms with Crippen molar-refractivity contribution in [2.75, 3.05) is 19.6 Å². The Kier molecular flexibility index (Phi) is 5.59. The highest BCUT2D eigenvalue weighted by molar-refractivity contribution is 6.30. The van der Waals surface area contributed by atoms with Gasteiger partial charge in [0, 0.05) is 35.8 Å². The van der Waals surface area contributed by atoms with E-state index in [0.29, 0.717) is 18.8 Å². The van der Waals surface area contributed by atoms with Gasteiger partial charge in [-0.3, -0.25) is 0 Å². The maximum atomic E-state index is 10.00. The van der Waals surface area contributed by atoms with E-state index in [1.165, 1.54) is 11.1 Å². The van der Waals surface area contributed by atoms with Crippen LogP contribution in [0, 0.1) is 5.92 Å². The van der Waals surface area contributed by atoms with Crippen molar-refractivity contribution in [2.45, 2.75) is 44.3 Å². The Morgan fingerprint density at radius 3 is 2.50 bits per heavy atom. The zero-order valence-electron chi connectivity index (χ0n) is 17.1. The number of para-hydroxylation sites is 1. The number of nitrogens with zero attached hydrogens (tertiary/aromatic N) is 1. The van der Waals surface area contributed by atoms with E-state index in [2.05, 4.69) is 17.0 Å². The van der Waals surface area contributed by atoms with Crippen LogP contribution in [0.4, 0.5) is 0 Å². The number of likely N-dealkylation sites (tertiary alicyclic amines) is 1. The fourth-order valence-corrected chi connectivity index (χ4v) is 5.37. The van der Waals surface area contributed by atoms with Gasteiger partial charge in [-0.25, -0.2) is 0 Å². The molecule has 0 amide bonds. The van der Waals surface area contributed by atoms with Gasteiger partial charge >= 0.3 is 0 Å². The quantitative estimate of drug-likeness (QED) is 0.615. The maximum Gasteiger partial charge on any atom is 0.135 e. The molecule has 2 aromatic rings. The molecule has 0 spiro atoms. The summed E-state index contributed by atoms with van der Waals surface area (Å²) in [4.78, 5) is 2.52. The minimum atomic E-state index is -0.564. The molecular weight excluding hydrogens is 398 g/mol. The number of aliphatic hydroxyl groups is 2. The fraction of sp³-hybridized carbons (Fsp3) is 0.440. The Labute approximate surface area is 182 Å². The first-order valence-electron chi connectivity index (χ1n) is 11.0. The van der Waals surface area contributed by atoms with E-state index in [9.17, 15) is 10.2 Å². The van der Waals surface area contributed by atoms with Crippen LogP contribution >= 0.6 is 11.6 Å². The van der Waals surface area contributed by atoms with E-state index in [-0.39, 0.29) is 0 Å². The molecule has 5 heteroatoms. The lowest BCUT2D eigenvalue weighted by Crippen LogP contribution is -2.40. The normalized spacial score (nSPS) is 26.7. The number of rotatable bonds is 2. The van der Waals surface area contributed by atoms with E-state index >= 15 is 0 Å². The van der Waals surface area contributed by atoms with Gasteiger partial charge in [0.15, 0.2) is 0 Å². The number of ether oxygens (including phenoxy) is 1. The molecule has 2 aromatic carbocycles. The summed E-state index contributed by atoms with van der Waals surface area (Å²) in [6.07, 6.45) is 3.36. The van der Waals surface area contributed by atoms with Gasteiger partial charge in [0.1, 0.15) is 11.5 Å². The van der Waals surface area contributed by atoms with E-state index in [1.807, 2.05) is 30.3 Å². The molecule has 2 heterocycles. The van der Waals surface area contributed by atoms with Crippen molar-refractivity contribution in [3.8, 4) is 11.5 Å². The summed E-state index contributed by atoms with van der Waals surface area (Å²) in [7, 11) is 0. The molecule has 2 N–H and O–H groups in total. The number of fused-ring (bicyclic) bond motifs is 2. The molecule has 0 unspecified atom stereocenters. The van der Waals surface area contributed by atoms with Crippen molar-refractivity contribution in [3.63, 3.8) is 0 Å². The number of benzene rings is 2. The standard InChI is InChI=1S/C25H28ClNO3/c26-18-6-8-24-20(14-18)25(19-3-1-2-4-23(19)30-24)17-9-11-27(12-10-17)15-16-5-7-21(28)22(29)13-16/h1-4,6,8,14,16,21-22,28-29H,5,7,9-13,15H2/t16-,21+,22+/m1/s1. The van der Waals surface area contributed by atoms with E-state index in [0.717, 1.165) is 66.5 Å². The molecule has 3 aliphatic rings. The van der Waals surface area contributed by atoms with Crippen LogP contribution in [0.25, 0.3) is 5.57 Å². The Morgan fingerprint density at radius 1 is 0.933 bits per heavy atom. The zero-order chi connectivity index (χ0) is 20.7. The van der Waals surface area contributed by atoms with Crippen molar-refractivity contribution in [1.29, 1.82) is 0 Å². The predicted octanol–water partition coefficient (Wildman–Crippen LogP) is 4.87. The van der Waals surface area contributed by atoms with Crippen molar-refractivity contribution in [2.24, 2.45) is 5.92 Å². The number of halogens is 1. The molecule has 0 aromatic heterocycles. The van der Waals surface area contributed by atoms with Crippen molar-refractivity contribution in [3.05, 3.63) is 64.2 Å². The van der Waals surface area contributed by atoms with E-state index < -0.39 is 12.2 Å². The largest absolute Gasteiger partial charge is 0.456 e. The Hall–Kier alpha value is -1.85. The van der Waals surface area contributed by atoms with Gasteiger partial charge in [0.2, 0.25) is 0 Å². The fourth-order valence-electron chi connectivity index (χ4n) is 5.19. The molecule has 1 saturated carbocycles. The van der Waals surface area contributed by atoms with Gasteiger partial charge in [0.25, 0.3) is 0 Å². The van der Waals surface area contributed by atoms with Crippen LogP contribution in [0.3, 0.4) is 0 Å². The van der Waals surface area contributed by atoms with Gasteiger partial charge in [-0.05, 0) is 67.9 Å². The molecule has 1 saturated heterocycles. The monoisotopic (exact) mass is 425 g/mol. The molecule has 3 atom stereocenters. The summed E-state index contributed by atoms with van der Waals surface area (Å²) in [5.41, 5.74) is 4.99. The van der Waals surface area contributed by atoms with Crippen LogP contribution in [0.5, 0.6) is 11.5 Å². The number of hydrogen-bond acceptors (Lipinski definition) is 4. The van der Waals surface area contributed by atoms with Gasteiger partial charge in [-0.15, -0.1) is 0 Å². The smallest absolute Gasteiger partial charge is 0.135 e. The topological polar surface area (TPSA) is 52.9 Å². The first kappa shape index (κ1) is 20.1. The zero-order valence-corrected chi connectivity index (χ0v) is 17.8. The summed E-state index contributed by atoms with van der Waals surface area (Å²) in [5, 5.41) is 20.5. The number of aliphatic hydroxyl groups excluding tert-OH is 2. The van der Waals surface area contributed by atoms with Crippen LogP contribution in [0.1, 0.15) is 43.2 Å². The third-order valence-corrected chi connectivity index (χ3v) is 7.04. The van der Waals surface area contributed by atoms with Crippen LogP contribution in [-0.4, -0.2) is 47.0 Å². The molecule has 2 fully saturated rings. The second-order valence-electron chi connectivity index (χ2n) is 8.83. The Morgan fingerprint density at radius 2 is 1.70 bits per heavy atom.